The maximum atomic E-state index is 11.1. The highest BCUT2D eigenvalue weighted by atomic mass is 32.2. The van der Waals surface area contributed by atoms with Crippen molar-refractivity contribution in [2.24, 2.45) is 5.14 Å². The Balaban J connectivity index is 1.58. The lowest BCUT2D eigenvalue weighted by Gasteiger charge is -2.21. The Bertz CT molecular complexity index is 961. The summed E-state index contributed by atoms with van der Waals surface area (Å²) in [6, 6.07) is 12.2. The van der Waals surface area contributed by atoms with Gasteiger partial charge in [-0.3, -0.25) is 0 Å². The molecular weight excluding hydrogens is 334 g/mol. The molecule has 0 aliphatic heterocycles. The molecule has 5 heteroatoms. The van der Waals surface area contributed by atoms with Gasteiger partial charge >= 0.3 is 10.3 Å². The quantitative estimate of drug-likeness (QED) is 0.918. The van der Waals surface area contributed by atoms with E-state index in [4.69, 9.17) is 9.32 Å². The maximum Gasteiger partial charge on any atom is 0.380 e. The maximum absolute atomic E-state index is 11.1. The summed E-state index contributed by atoms with van der Waals surface area (Å²) < 4.78 is 26.9. The number of benzene rings is 2. The van der Waals surface area contributed by atoms with Gasteiger partial charge in [0.05, 0.1) is 0 Å². The average Bonchev–Trinajstić information content (AvgIpc) is 2.59. The van der Waals surface area contributed by atoms with Gasteiger partial charge in [-0.2, -0.15) is 13.6 Å². The molecule has 0 fully saturated rings. The van der Waals surface area contributed by atoms with E-state index in [2.05, 4.69) is 24.3 Å². The SMILES string of the molecule is NS(=O)(=O)Oc1ccc2c(c1)CC=C(c1ccc3c(c1)CCCC3)C2. The van der Waals surface area contributed by atoms with Crippen molar-refractivity contribution >= 4 is 15.9 Å². The van der Waals surface area contributed by atoms with Gasteiger partial charge in [0.1, 0.15) is 5.75 Å². The van der Waals surface area contributed by atoms with Crippen molar-refractivity contribution in [2.75, 3.05) is 0 Å². The summed E-state index contributed by atoms with van der Waals surface area (Å²) in [4.78, 5) is 0. The molecule has 4 nitrogen and oxygen atoms in total. The molecule has 0 heterocycles. The number of aryl methyl sites for hydroxylation is 2. The minimum absolute atomic E-state index is 0.270. The van der Waals surface area contributed by atoms with Gasteiger partial charge < -0.3 is 4.18 Å². The second kappa shape index (κ2) is 6.32. The summed E-state index contributed by atoms with van der Waals surface area (Å²) in [5, 5.41) is 4.94. The van der Waals surface area contributed by atoms with Crippen LogP contribution in [0.3, 0.4) is 0 Å². The van der Waals surface area contributed by atoms with Gasteiger partial charge in [-0.25, -0.2) is 0 Å². The molecular formula is C20H21NO3S. The van der Waals surface area contributed by atoms with E-state index in [1.54, 1.807) is 12.1 Å². The number of allylic oxidation sites excluding steroid dienone is 2. The van der Waals surface area contributed by atoms with Gasteiger partial charge in [-0.1, -0.05) is 30.3 Å². The van der Waals surface area contributed by atoms with Crippen molar-refractivity contribution < 1.29 is 12.6 Å². The fourth-order valence-corrected chi connectivity index (χ4v) is 4.19. The van der Waals surface area contributed by atoms with E-state index in [-0.39, 0.29) is 5.75 Å². The van der Waals surface area contributed by atoms with E-state index in [0.717, 1.165) is 18.4 Å². The van der Waals surface area contributed by atoms with E-state index in [1.807, 2.05) is 6.07 Å². The molecule has 2 aromatic rings. The second-order valence-electron chi connectivity index (χ2n) is 6.81. The smallest absolute Gasteiger partial charge is 0.371 e. The van der Waals surface area contributed by atoms with Crippen LogP contribution >= 0.6 is 0 Å². The summed E-state index contributed by atoms with van der Waals surface area (Å²) >= 11 is 0. The van der Waals surface area contributed by atoms with Crippen molar-refractivity contribution in [3.8, 4) is 5.75 Å². The Morgan fingerprint density at radius 2 is 1.64 bits per heavy atom. The molecule has 2 aliphatic rings. The first kappa shape index (κ1) is 16.4. The molecule has 2 aliphatic carbocycles. The first-order valence-corrected chi connectivity index (χ1v) is 10.1. The predicted molar refractivity (Wildman–Crippen MR) is 98.6 cm³/mol. The van der Waals surface area contributed by atoms with Crippen molar-refractivity contribution in [3.63, 3.8) is 0 Å². The van der Waals surface area contributed by atoms with Crippen LogP contribution in [0.15, 0.2) is 42.5 Å². The molecule has 0 spiro atoms. The van der Waals surface area contributed by atoms with Crippen LogP contribution in [0, 0.1) is 0 Å². The number of hydrogen-bond donors (Lipinski definition) is 1. The van der Waals surface area contributed by atoms with Crippen LogP contribution in [0.4, 0.5) is 0 Å². The van der Waals surface area contributed by atoms with Gasteiger partial charge in [0.15, 0.2) is 0 Å². The molecule has 0 radical (unpaired) electrons. The molecule has 130 valence electrons. The number of hydrogen-bond acceptors (Lipinski definition) is 3. The van der Waals surface area contributed by atoms with Gasteiger partial charge in [0, 0.05) is 0 Å². The molecule has 0 atom stereocenters. The van der Waals surface area contributed by atoms with E-state index in [1.165, 1.54) is 53.5 Å². The van der Waals surface area contributed by atoms with Gasteiger partial charge in [-0.15, -0.1) is 0 Å². The van der Waals surface area contributed by atoms with Crippen LogP contribution in [0.2, 0.25) is 0 Å². The molecule has 2 N–H and O–H groups in total. The lowest BCUT2D eigenvalue weighted by atomic mass is 9.85. The zero-order valence-corrected chi connectivity index (χ0v) is 14.8. The summed E-state index contributed by atoms with van der Waals surface area (Å²) in [5.74, 6) is 0.270. The second-order valence-corrected chi connectivity index (χ2v) is 7.96. The monoisotopic (exact) mass is 355 g/mol. The molecule has 4 rings (SSSR count). The highest BCUT2D eigenvalue weighted by molar-refractivity contribution is 7.84. The van der Waals surface area contributed by atoms with E-state index < -0.39 is 10.3 Å². The fraction of sp³-hybridized carbons (Fsp3) is 0.300. The minimum atomic E-state index is -3.98. The minimum Gasteiger partial charge on any atom is -0.371 e. The average molecular weight is 355 g/mol. The zero-order valence-electron chi connectivity index (χ0n) is 14.0. The number of nitrogens with two attached hydrogens (primary N) is 1. The number of rotatable bonds is 3. The van der Waals surface area contributed by atoms with Crippen LogP contribution in [0.5, 0.6) is 5.75 Å². The van der Waals surface area contributed by atoms with Crippen molar-refractivity contribution in [3.05, 3.63) is 70.3 Å². The predicted octanol–water partition coefficient (Wildman–Crippen LogP) is 3.33. The largest absolute Gasteiger partial charge is 0.380 e. The van der Waals surface area contributed by atoms with Crippen molar-refractivity contribution in [1.29, 1.82) is 0 Å². The lowest BCUT2D eigenvalue weighted by Crippen LogP contribution is -2.19. The Kier molecular flexibility index (Phi) is 4.13. The van der Waals surface area contributed by atoms with Crippen LogP contribution in [0.25, 0.3) is 5.57 Å². The normalized spacial score (nSPS) is 16.6. The summed E-state index contributed by atoms with van der Waals surface area (Å²) in [6.45, 7) is 0. The lowest BCUT2D eigenvalue weighted by molar-refractivity contribution is 0.487. The summed E-state index contributed by atoms with van der Waals surface area (Å²) in [7, 11) is -3.98. The zero-order chi connectivity index (χ0) is 17.4. The molecule has 0 saturated carbocycles. The van der Waals surface area contributed by atoms with Crippen LogP contribution < -0.4 is 9.32 Å². The van der Waals surface area contributed by atoms with Crippen molar-refractivity contribution in [2.45, 2.75) is 38.5 Å². The highest BCUT2D eigenvalue weighted by Crippen LogP contribution is 2.32. The standard InChI is InChI=1S/C20H21NO3S/c21-25(22,23)24-20-10-9-18-12-17(7-8-19(18)13-20)16-6-5-14-3-1-2-4-15(14)11-16/h5-7,9-11,13H,1-4,8,12H2,(H2,21,22,23). The Hall–Kier alpha value is -2.11. The van der Waals surface area contributed by atoms with Gasteiger partial charge in [0.25, 0.3) is 0 Å². The van der Waals surface area contributed by atoms with Crippen LogP contribution in [-0.2, 0) is 36.0 Å². The highest BCUT2D eigenvalue weighted by Gasteiger charge is 2.16. The molecule has 2 aromatic carbocycles. The molecule has 0 aromatic heterocycles. The summed E-state index contributed by atoms with van der Waals surface area (Å²) in [6.07, 6.45) is 8.81. The fourth-order valence-electron chi connectivity index (χ4n) is 3.81. The van der Waals surface area contributed by atoms with E-state index in [9.17, 15) is 8.42 Å². The van der Waals surface area contributed by atoms with Gasteiger partial charge in [0.2, 0.25) is 0 Å². The Morgan fingerprint density at radius 3 is 2.44 bits per heavy atom. The Labute approximate surface area is 148 Å². The third-order valence-electron chi connectivity index (χ3n) is 5.06. The molecule has 0 bridgehead atoms. The van der Waals surface area contributed by atoms with Gasteiger partial charge in [-0.05, 0) is 84.0 Å². The molecule has 25 heavy (non-hydrogen) atoms. The third-order valence-corrected chi connectivity index (χ3v) is 5.48. The van der Waals surface area contributed by atoms with Crippen molar-refractivity contribution in [1.82, 2.24) is 0 Å². The van der Waals surface area contributed by atoms with Crippen LogP contribution in [-0.4, -0.2) is 8.42 Å². The first-order chi connectivity index (χ1) is 12.0. The Morgan fingerprint density at radius 1 is 0.880 bits per heavy atom. The van der Waals surface area contributed by atoms with E-state index in [0.29, 0.717) is 0 Å². The topological polar surface area (TPSA) is 69.4 Å². The molecule has 0 unspecified atom stereocenters. The van der Waals surface area contributed by atoms with Crippen LogP contribution in [0.1, 0.15) is 40.7 Å². The molecule has 0 amide bonds. The summed E-state index contributed by atoms with van der Waals surface area (Å²) in [5.41, 5.74) is 7.92. The third kappa shape index (κ3) is 3.62. The number of fused-ring (bicyclic) bond motifs is 2. The first-order valence-electron chi connectivity index (χ1n) is 8.63. The van der Waals surface area contributed by atoms with E-state index >= 15 is 0 Å². The molecule has 0 saturated heterocycles.